The molecule has 0 radical (unpaired) electrons. The lowest BCUT2D eigenvalue weighted by molar-refractivity contribution is 0.712. The molecule has 5 nitrogen and oxygen atoms in total. The van der Waals surface area contributed by atoms with Crippen molar-refractivity contribution in [3.05, 3.63) is 53.1 Å². The maximum absolute atomic E-state index is 12.4. The molecule has 0 bridgehead atoms. The highest BCUT2D eigenvalue weighted by atomic mass is 16.1. The van der Waals surface area contributed by atoms with E-state index in [1.165, 1.54) is 0 Å². The first-order chi connectivity index (χ1) is 9.77. The Kier molecular flexibility index (Phi) is 4.51. The highest BCUT2D eigenvalue weighted by molar-refractivity contribution is 5.58. The van der Waals surface area contributed by atoms with Crippen LogP contribution in [-0.2, 0) is 6.54 Å². The standard InChI is InChI=1S/C15H16N4O/c1-2-18-12-10-17-14(15(18)20)19(11-6-9-16)13-7-4-3-5-8-13/h3-5,7-8,10,12H,2,6,11H2,1H3. The number of rotatable bonds is 5. The summed E-state index contributed by atoms with van der Waals surface area (Å²) in [5, 5.41) is 8.80. The van der Waals surface area contributed by atoms with Crippen molar-refractivity contribution < 1.29 is 0 Å². The van der Waals surface area contributed by atoms with E-state index in [-0.39, 0.29) is 5.56 Å². The quantitative estimate of drug-likeness (QED) is 0.834. The average Bonchev–Trinajstić information content (AvgIpc) is 2.50. The summed E-state index contributed by atoms with van der Waals surface area (Å²) in [6, 6.07) is 11.6. The predicted octanol–water partition coefficient (Wildman–Crippen LogP) is 2.31. The van der Waals surface area contributed by atoms with E-state index in [0.717, 1.165) is 5.69 Å². The lowest BCUT2D eigenvalue weighted by atomic mass is 10.2. The molecule has 20 heavy (non-hydrogen) atoms. The Hall–Kier alpha value is -2.61. The normalized spacial score (nSPS) is 10.0. The fraction of sp³-hybridized carbons (Fsp3) is 0.267. The van der Waals surface area contributed by atoms with Crippen LogP contribution in [0.3, 0.4) is 0 Å². The molecule has 0 atom stereocenters. The zero-order valence-corrected chi connectivity index (χ0v) is 11.4. The summed E-state index contributed by atoms with van der Waals surface area (Å²) < 4.78 is 1.60. The summed E-state index contributed by atoms with van der Waals surface area (Å²) in [6.07, 6.45) is 3.61. The third kappa shape index (κ3) is 2.86. The van der Waals surface area contributed by atoms with Crippen LogP contribution in [0.2, 0.25) is 0 Å². The molecule has 0 aliphatic heterocycles. The third-order valence-corrected chi connectivity index (χ3v) is 3.01. The first-order valence-electron chi connectivity index (χ1n) is 6.53. The van der Waals surface area contributed by atoms with Crippen LogP contribution in [0.15, 0.2) is 47.5 Å². The number of benzene rings is 1. The molecule has 0 aliphatic rings. The van der Waals surface area contributed by atoms with Crippen LogP contribution in [0.25, 0.3) is 0 Å². The first kappa shape index (κ1) is 13.8. The maximum atomic E-state index is 12.4. The molecule has 0 unspecified atom stereocenters. The molecule has 1 aromatic heterocycles. The van der Waals surface area contributed by atoms with Gasteiger partial charge in [-0.05, 0) is 19.1 Å². The van der Waals surface area contributed by atoms with Gasteiger partial charge >= 0.3 is 0 Å². The van der Waals surface area contributed by atoms with Gasteiger partial charge in [0.05, 0.1) is 12.5 Å². The lowest BCUT2D eigenvalue weighted by Gasteiger charge is -2.22. The van der Waals surface area contributed by atoms with E-state index in [1.807, 2.05) is 37.3 Å². The Bertz CT molecular complexity index is 658. The minimum absolute atomic E-state index is 0.142. The zero-order valence-electron chi connectivity index (χ0n) is 11.4. The molecule has 0 aliphatic carbocycles. The van der Waals surface area contributed by atoms with Gasteiger partial charge in [-0.3, -0.25) is 4.79 Å². The Morgan fingerprint density at radius 3 is 2.75 bits per heavy atom. The van der Waals surface area contributed by atoms with Gasteiger partial charge in [0.1, 0.15) is 0 Å². The molecule has 0 saturated heterocycles. The molecule has 0 amide bonds. The molecule has 0 saturated carbocycles. The Balaban J connectivity index is 2.47. The highest BCUT2D eigenvalue weighted by Gasteiger charge is 2.14. The number of hydrogen-bond acceptors (Lipinski definition) is 4. The molecule has 2 aromatic rings. The fourth-order valence-corrected chi connectivity index (χ4v) is 2.00. The molecular formula is C15H16N4O. The number of aromatic nitrogens is 2. The van der Waals surface area contributed by atoms with Crippen molar-refractivity contribution in [1.29, 1.82) is 5.26 Å². The van der Waals surface area contributed by atoms with Gasteiger partial charge in [-0.25, -0.2) is 4.98 Å². The van der Waals surface area contributed by atoms with Gasteiger partial charge in [0.15, 0.2) is 5.82 Å². The van der Waals surface area contributed by atoms with Gasteiger partial charge in [-0.2, -0.15) is 5.26 Å². The van der Waals surface area contributed by atoms with Crippen molar-refractivity contribution >= 4 is 11.5 Å². The van der Waals surface area contributed by atoms with E-state index >= 15 is 0 Å². The number of aryl methyl sites for hydroxylation is 1. The summed E-state index contributed by atoms with van der Waals surface area (Å²) in [4.78, 5) is 18.3. The van der Waals surface area contributed by atoms with E-state index in [4.69, 9.17) is 5.26 Å². The van der Waals surface area contributed by atoms with Crippen LogP contribution in [0.5, 0.6) is 0 Å². The van der Waals surface area contributed by atoms with Gasteiger partial charge in [-0.1, -0.05) is 18.2 Å². The van der Waals surface area contributed by atoms with E-state index in [2.05, 4.69) is 11.1 Å². The first-order valence-corrected chi connectivity index (χ1v) is 6.53. The molecule has 0 N–H and O–H groups in total. The van der Waals surface area contributed by atoms with Crippen LogP contribution >= 0.6 is 0 Å². The van der Waals surface area contributed by atoms with Gasteiger partial charge in [0, 0.05) is 31.2 Å². The summed E-state index contributed by atoms with van der Waals surface area (Å²) >= 11 is 0. The van der Waals surface area contributed by atoms with Crippen LogP contribution in [0, 0.1) is 11.3 Å². The minimum Gasteiger partial charge on any atom is -0.321 e. The molecular weight excluding hydrogens is 252 g/mol. The Morgan fingerprint density at radius 1 is 1.35 bits per heavy atom. The minimum atomic E-state index is -0.142. The predicted molar refractivity (Wildman–Crippen MR) is 77.8 cm³/mol. The van der Waals surface area contributed by atoms with Gasteiger partial charge in [-0.15, -0.1) is 0 Å². The third-order valence-electron chi connectivity index (χ3n) is 3.01. The zero-order chi connectivity index (χ0) is 14.4. The number of nitriles is 1. The van der Waals surface area contributed by atoms with Crippen molar-refractivity contribution in [1.82, 2.24) is 9.55 Å². The summed E-state index contributed by atoms with van der Waals surface area (Å²) in [5.41, 5.74) is 0.720. The van der Waals surface area contributed by atoms with Crippen molar-refractivity contribution in [3.63, 3.8) is 0 Å². The number of nitrogens with zero attached hydrogens (tertiary/aromatic N) is 4. The maximum Gasteiger partial charge on any atom is 0.293 e. The van der Waals surface area contributed by atoms with Gasteiger partial charge in [0.25, 0.3) is 5.56 Å². The van der Waals surface area contributed by atoms with Gasteiger partial charge in [0.2, 0.25) is 0 Å². The molecule has 0 fully saturated rings. The van der Waals surface area contributed by atoms with E-state index in [0.29, 0.717) is 25.3 Å². The number of anilines is 2. The Morgan fingerprint density at radius 2 is 2.10 bits per heavy atom. The van der Waals surface area contributed by atoms with Crippen LogP contribution in [0.1, 0.15) is 13.3 Å². The monoisotopic (exact) mass is 268 g/mol. The smallest absolute Gasteiger partial charge is 0.293 e. The van der Waals surface area contributed by atoms with E-state index < -0.39 is 0 Å². The molecule has 1 aromatic carbocycles. The number of hydrogen-bond donors (Lipinski definition) is 0. The van der Waals surface area contributed by atoms with Crippen LogP contribution < -0.4 is 10.5 Å². The van der Waals surface area contributed by atoms with E-state index in [9.17, 15) is 4.79 Å². The second-order valence-corrected chi connectivity index (χ2v) is 4.24. The Labute approximate surface area is 117 Å². The largest absolute Gasteiger partial charge is 0.321 e. The summed E-state index contributed by atoms with van der Waals surface area (Å²) in [5.74, 6) is 0.357. The van der Waals surface area contributed by atoms with Crippen molar-refractivity contribution in [2.75, 3.05) is 11.4 Å². The summed E-state index contributed by atoms with van der Waals surface area (Å²) in [7, 11) is 0. The molecule has 2 rings (SSSR count). The topological polar surface area (TPSA) is 61.9 Å². The fourth-order valence-electron chi connectivity index (χ4n) is 2.00. The SMILES string of the molecule is CCn1ccnc(N(CCC#N)c2ccccc2)c1=O. The van der Waals surface area contributed by atoms with Gasteiger partial charge < -0.3 is 9.47 Å². The van der Waals surface area contributed by atoms with Crippen LogP contribution in [0.4, 0.5) is 11.5 Å². The lowest BCUT2D eigenvalue weighted by Crippen LogP contribution is -2.30. The second-order valence-electron chi connectivity index (χ2n) is 4.24. The van der Waals surface area contributed by atoms with Crippen LogP contribution in [-0.4, -0.2) is 16.1 Å². The molecule has 5 heteroatoms. The van der Waals surface area contributed by atoms with Crippen molar-refractivity contribution in [3.8, 4) is 6.07 Å². The highest BCUT2D eigenvalue weighted by Crippen LogP contribution is 2.20. The number of para-hydroxylation sites is 1. The molecule has 0 spiro atoms. The van der Waals surface area contributed by atoms with E-state index in [1.54, 1.807) is 21.9 Å². The molecule has 102 valence electrons. The second kappa shape index (κ2) is 6.53. The average molecular weight is 268 g/mol. The summed E-state index contributed by atoms with van der Waals surface area (Å²) in [6.45, 7) is 2.94. The van der Waals surface area contributed by atoms with Crippen molar-refractivity contribution in [2.24, 2.45) is 0 Å². The van der Waals surface area contributed by atoms with Crippen molar-refractivity contribution in [2.45, 2.75) is 19.9 Å². The molecule has 1 heterocycles.